The van der Waals surface area contributed by atoms with E-state index in [9.17, 15) is 4.79 Å². The number of nitrogen functional groups attached to an aromatic ring is 1. The molecule has 0 spiro atoms. The fourth-order valence-corrected chi connectivity index (χ4v) is 1.81. The summed E-state index contributed by atoms with van der Waals surface area (Å²) in [6.07, 6.45) is 3.76. The Balaban J connectivity index is 0.00000220. The summed E-state index contributed by atoms with van der Waals surface area (Å²) in [7, 11) is 1.33. The first kappa shape index (κ1) is 20.1. The van der Waals surface area contributed by atoms with Gasteiger partial charge in [0.1, 0.15) is 6.04 Å². The zero-order valence-electron chi connectivity index (χ0n) is 11.9. The SMILES string of the molecule is COC(=O)C(N)Cc1ccc(-c2cnc(N)nc2)cc1.Cl.Cl. The van der Waals surface area contributed by atoms with Gasteiger partial charge in [-0.2, -0.15) is 0 Å². The molecule has 0 radical (unpaired) electrons. The molecule has 6 nitrogen and oxygen atoms in total. The van der Waals surface area contributed by atoms with Crippen molar-refractivity contribution >= 4 is 36.7 Å². The first-order valence-corrected chi connectivity index (χ1v) is 6.10. The standard InChI is InChI=1S/C14H16N4O2.2ClH/c1-20-13(19)12(15)6-9-2-4-10(5-3-9)11-7-17-14(16)18-8-11;;/h2-5,7-8,12H,6,15H2,1H3,(H2,16,17,18);2*1H. The van der Waals surface area contributed by atoms with Crippen LogP contribution in [0.1, 0.15) is 5.56 Å². The van der Waals surface area contributed by atoms with E-state index in [1.54, 1.807) is 12.4 Å². The second kappa shape index (κ2) is 9.19. The molecule has 1 heterocycles. The van der Waals surface area contributed by atoms with Crippen LogP contribution in [0.15, 0.2) is 36.7 Å². The Kier molecular flexibility index (Phi) is 8.40. The van der Waals surface area contributed by atoms with Crippen molar-refractivity contribution in [3.63, 3.8) is 0 Å². The largest absolute Gasteiger partial charge is 0.468 e. The monoisotopic (exact) mass is 344 g/mol. The van der Waals surface area contributed by atoms with E-state index in [4.69, 9.17) is 11.5 Å². The highest BCUT2D eigenvalue weighted by molar-refractivity contribution is 5.85. The minimum Gasteiger partial charge on any atom is -0.468 e. The van der Waals surface area contributed by atoms with Gasteiger partial charge in [-0.3, -0.25) is 4.79 Å². The smallest absolute Gasteiger partial charge is 0.322 e. The van der Waals surface area contributed by atoms with E-state index in [0.717, 1.165) is 16.7 Å². The first-order chi connectivity index (χ1) is 9.60. The summed E-state index contributed by atoms with van der Waals surface area (Å²) >= 11 is 0. The molecule has 4 N–H and O–H groups in total. The Morgan fingerprint density at radius 1 is 1.14 bits per heavy atom. The van der Waals surface area contributed by atoms with E-state index in [0.29, 0.717) is 6.42 Å². The number of methoxy groups -OCH3 is 1. The van der Waals surface area contributed by atoms with Gasteiger partial charge < -0.3 is 16.2 Å². The van der Waals surface area contributed by atoms with Gasteiger partial charge in [-0.25, -0.2) is 9.97 Å². The lowest BCUT2D eigenvalue weighted by atomic mass is 10.0. The summed E-state index contributed by atoms with van der Waals surface area (Å²) in [4.78, 5) is 19.2. The number of esters is 1. The van der Waals surface area contributed by atoms with E-state index < -0.39 is 12.0 Å². The first-order valence-electron chi connectivity index (χ1n) is 6.10. The average Bonchev–Trinajstić information content (AvgIpc) is 2.48. The van der Waals surface area contributed by atoms with E-state index in [-0.39, 0.29) is 30.8 Å². The van der Waals surface area contributed by atoms with Crippen molar-refractivity contribution in [2.24, 2.45) is 5.73 Å². The summed E-state index contributed by atoms with van der Waals surface area (Å²) in [5.41, 5.74) is 14.0. The van der Waals surface area contributed by atoms with Crippen LogP contribution in [0.2, 0.25) is 0 Å². The van der Waals surface area contributed by atoms with Crippen molar-refractivity contribution < 1.29 is 9.53 Å². The van der Waals surface area contributed by atoms with Crippen molar-refractivity contribution in [3.8, 4) is 11.1 Å². The number of ether oxygens (including phenoxy) is 1. The molecular weight excluding hydrogens is 327 g/mol. The number of anilines is 1. The third kappa shape index (κ3) is 5.14. The number of rotatable bonds is 4. The molecule has 2 aromatic rings. The molecule has 120 valence electrons. The molecule has 0 aliphatic carbocycles. The second-order valence-corrected chi connectivity index (χ2v) is 4.36. The molecule has 0 fully saturated rings. The Morgan fingerprint density at radius 3 is 2.18 bits per heavy atom. The van der Waals surface area contributed by atoms with Crippen LogP contribution in [-0.4, -0.2) is 29.1 Å². The molecule has 0 saturated carbocycles. The number of hydrogen-bond acceptors (Lipinski definition) is 6. The third-order valence-electron chi connectivity index (χ3n) is 2.92. The highest BCUT2D eigenvalue weighted by Gasteiger charge is 2.14. The number of carbonyl (C=O) groups excluding carboxylic acids is 1. The van der Waals surface area contributed by atoms with E-state index in [2.05, 4.69) is 14.7 Å². The Hall–Kier alpha value is -1.89. The van der Waals surface area contributed by atoms with Gasteiger partial charge in [-0.1, -0.05) is 24.3 Å². The van der Waals surface area contributed by atoms with Crippen LogP contribution in [0.25, 0.3) is 11.1 Å². The summed E-state index contributed by atoms with van der Waals surface area (Å²) in [6, 6.07) is 7.02. The van der Waals surface area contributed by atoms with Crippen LogP contribution in [0.5, 0.6) is 0 Å². The molecule has 1 atom stereocenters. The van der Waals surface area contributed by atoms with Crippen LogP contribution in [0, 0.1) is 0 Å². The molecule has 1 aromatic carbocycles. The number of nitrogens with two attached hydrogens (primary N) is 2. The van der Waals surface area contributed by atoms with Crippen LogP contribution >= 0.6 is 24.8 Å². The lowest BCUT2D eigenvalue weighted by Crippen LogP contribution is -2.33. The zero-order chi connectivity index (χ0) is 14.5. The Bertz CT molecular complexity index is 591. The minimum atomic E-state index is -0.647. The summed E-state index contributed by atoms with van der Waals surface area (Å²) in [5, 5.41) is 0. The molecular formula is C14H18Cl2N4O2. The number of halogens is 2. The number of aromatic nitrogens is 2. The van der Waals surface area contributed by atoms with Crippen LogP contribution in [0.4, 0.5) is 5.95 Å². The second-order valence-electron chi connectivity index (χ2n) is 4.36. The maximum absolute atomic E-state index is 11.3. The highest BCUT2D eigenvalue weighted by Crippen LogP contribution is 2.18. The number of carbonyl (C=O) groups is 1. The topological polar surface area (TPSA) is 104 Å². The average molecular weight is 345 g/mol. The third-order valence-corrected chi connectivity index (χ3v) is 2.92. The molecule has 0 bridgehead atoms. The predicted molar refractivity (Wildman–Crippen MR) is 90.1 cm³/mol. The fraction of sp³-hybridized carbons (Fsp3) is 0.214. The molecule has 1 aromatic heterocycles. The minimum absolute atomic E-state index is 0. The quantitative estimate of drug-likeness (QED) is 0.816. The summed E-state index contributed by atoms with van der Waals surface area (Å²) in [5.74, 6) is -0.171. The van der Waals surface area contributed by atoms with Gasteiger partial charge in [0, 0.05) is 18.0 Å². The highest BCUT2D eigenvalue weighted by atomic mass is 35.5. The lowest BCUT2D eigenvalue weighted by Gasteiger charge is -2.09. The molecule has 8 heteroatoms. The fourth-order valence-electron chi connectivity index (χ4n) is 1.81. The van der Waals surface area contributed by atoms with Gasteiger partial charge in [-0.05, 0) is 17.5 Å². The number of benzene rings is 1. The van der Waals surface area contributed by atoms with Gasteiger partial charge in [0.25, 0.3) is 0 Å². The number of hydrogen-bond donors (Lipinski definition) is 2. The van der Waals surface area contributed by atoms with E-state index >= 15 is 0 Å². The molecule has 0 aliphatic rings. The van der Waals surface area contributed by atoms with Gasteiger partial charge in [0.15, 0.2) is 0 Å². The van der Waals surface area contributed by atoms with Crippen molar-refractivity contribution in [1.29, 1.82) is 0 Å². The van der Waals surface area contributed by atoms with Crippen molar-refractivity contribution in [2.75, 3.05) is 12.8 Å². The Morgan fingerprint density at radius 2 is 1.68 bits per heavy atom. The molecule has 0 amide bonds. The van der Waals surface area contributed by atoms with Crippen LogP contribution < -0.4 is 11.5 Å². The van der Waals surface area contributed by atoms with Crippen molar-refractivity contribution in [2.45, 2.75) is 12.5 Å². The van der Waals surface area contributed by atoms with Gasteiger partial charge in [-0.15, -0.1) is 24.8 Å². The lowest BCUT2D eigenvalue weighted by molar-refractivity contribution is -0.142. The molecule has 0 saturated heterocycles. The normalized spacial score (nSPS) is 10.8. The molecule has 22 heavy (non-hydrogen) atoms. The summed E-state index contributed by atoms with van der Waals surface area (Å²) in [6.45, 7) is 0. The van der Waals surface area contributed by atoms with Crippen molar-refractivity contribution in [3.05, 3.63) is 42.2 Å². The molecule has 0 aliphatic heterocycles. The maximum atomic E-state index is 11.3. The van der Waals surface area contributed by atoms with E-state index in [1.165, 1.54) is 7.11 Å². The van der Waals surface area contributed by atoms with Gasteiger partial charge in [0.05, 0.1) is 7.11 Å². The van der Waals surface area contributed by atoms with E-state index in [1.807, 2.05) is 24.3 Å². The van der Waals surface area contributed by atoms with Crippen LogP contribution in [-0.2, 0) is 16.0 Å². The maximum Gasteiger partial charge on any atom is 0.322 e. The zero-order valence-corrected chi connectivity index (χ0v) is 13.6. The Labute approximate surface area is 141 Å². The van der Waals surface area contributed by atoms with Gasteiger partial charge in [0.2, 0.25) is 5.95 Å². The van der Waals surface area contributed by atoms with Gasteiger partial charge >= 0.3 is 5.97 Å². The number of nitrogens with zero attached hydrogens (tertiary/aromatic N) is 2. The molecule has 2 rings (SSSR count). The molecule has 1 unspecified atom stereocenters. The van der Waals surface area contributed by atoms with Crippen molar-refractivity contribution in [1.82, 2.24) is 9.97 Å². The summed E-state index contributed by atoms with van der Waals surface area (Å²) < 4.78 is 4.60. The predicted octanol–water partition coefficient (Wildman–Crippen LogP) is 1.61. The van der Waals surface area contributed by atoms with Crippen LogP contribution in [0.3, 0.4) is 0 Å².